The topological polar surface area (TPSA) is 88.5 Å². The van der Waals surface area contributed by atoms with E-state index in [-0.39, 0.29) is 0 Å². The van der Waals surface area contributed by atoms with Crippen molar-refractivity contribution in [2.24, 2.45) is 0 Å². The van der Waals surface area contributed by atoms with Crippen LogP contribution in [0.5, 0.6) is 5.75 Å². The Bertz CT molecular complexity index is 747. The number of hydroxylamine groups is 2. The Morgan fingerprint density at radius 1 is 1.12 bits per heavy atom. The molecular formula is C17H19NO6. The van der Waals surface area contributed by atoms with E-state index in [9.17, 15) is 15.1 Å². The summed E-state index contributed by atoms with van der Waals surface area (Å²) in [5.74, 6) is -0.0435. The van der Waals surface area contributed by atoms with Gasteiger partial charge in [0.1, 0.15) is 12.4 Å². The van der Waals surface area contributed by atoms with Crippen LogP contribution < -0.4 is 4.74 Å². The van der Waals surface area contributed by atoms with Gasteiger partial charge in [-0.2, -0.15) is 5.06 Å². The summed E-state index contributed by atoms with van der Waals surface area (Å²) >= 11 is 0. The van der Waals surface area contributed by atoms with E-state index < -0.39 is 12.1 Å². The molecule has 1 aliphatic heterocycles. The normalized spacial score (nSPS) is 16.7. The number of benzene rings is 2. The van der Waals surface area contributed by atoms with Crippen LogP contribution in [0.3, 0.4) is 0 Å². The van der Waals surface area contributed by atoms with Gasteiger partial charge in [-0.05, 0) is 12.1 Å². The summed E-state index contributed by atoms with van der Waals surface area (Å²) in [7, 11) is 1.61. The fourth-order valence-electron chi connectivity index (χ4n) is 2.75. The molecule has 2 aromatic carbocycles. The van der Waals surface area contributed by atoms with Gasteiger partial charge in [-0.3, -0.25) is 10.0 Å². The number of rotatable bonds is 7. The monoisotopic (exact) mass is 333 g/mol. The van der Waals surface area contributed by atoms with Gasteiger partial charge in [0.25, 0.3) is 5.91 Å². The first kappa shape index (κ1) is 16.7. The highest BCUT2D eigenvalue weighted by atomic mass is 16.6. The third-order valence-corrected chi connectivity index (χ3v) is 3.90. The second-order valence-electron chi connectivity index (χ2n) is 5.36. The minimum absolute atomic E-state index is 0.331. The number of aliphatic hydroxyl groups excluding tert-OH is 1. The molecule has 1 amide bonds. The van der Waals surface area contributed by atoms with Crippen LogP contribution in [0.1, 0.15) is 22.1 Å². The van der Waals surface area contributed by atoms with Gasteiger partial charge in [0.05, 0.1) is 25.4 Å². The number of aliphatic hydroxyl groups is 1. The van der Waals surface area contributed by atoms with E-state index in [1.54, 1.807) is 31.4 Å². The maximum Gasteiger partial charge on any atom is 0.280 e. The second kappa shape index (κ2) is 7.14. The number of ether oxygens (including phenoxy) is 3. The van der Waals surface area contributed by atoms with Crippen LogP contribution >= 0.6 is 0 Å². The van der Waals surface area contributed by atoms with Gasteiger partial charge in [0, 0.05) is 23.4 Å². The van der Waals surface area contributed by atoms with Gasteiger partial charge in [-0.1, -0.05) is 18.2 Å². The first-order chi connectivity index (χ1) is 11.6. The van der Waals surface area contributed by atoms with Crippen molar-refractivity contribution < 1.29 is 29.3 Å². The first-order valence-electron chi connectivity index (χ1n) is 7.60. The van der Waals surface area contributed by atoms with Crippen molar-refractivity contribution >= 4 is 16.7 Å². The molecule has 0 bridgehead atoms. The third-order valence-electron chi connectivity index (χ3n) is 3.90. The Labute approximate surface area is 138 Å². The van der Waals surface area contributed by atoms with Gasteiger partial charge < -0.3 is 19.3 Å². The van der Waals surface area contributed by atoms with Gasteiger partial charge in [-0.15, -0.1) is 0 Å². The Hall–Kier alpha value is -2.19. The van der Waals surface area contributed by atoms with E-state index >= 15 is 0 Å². The fourth-order valence-corrected chi connectivity index (χ4v) is 2.75. The summed E-state index contributed by atoms with van der Waals surface area (Å²) < 4.78 is 16.0. The molecule has 2 N–H and O–H groups in total. The lowest BCUT2D eigenvalue weighted by atomic mass is 9.94. The summed E-state index contributed by atoms with van der Waals surface area (Å²) in [6, 6.07) is 8.50. The molecule has 1 unspecified atom stereocenters. The maximum atomic E-state index is 12.1. The van der Waals surface area contributed by atoms with Crippen LogP contribution in [-0.2, 0) is 9.47 Å². The summed E-state index contributed by atoms with van der Waals surface area (Å²) in [6.07, 6.45) is -1.39. The van der Waals surface area contributed by atoms with Crippen LogP contribution in [0.4, 0.5) is 0 Å². The highest BCUT2D eigenvalue weighted by molar-refractivity contribution is 6.11. The molecule has 7 heteroatoms. The largest absolute Gasteiger partial charge is 0.491 e. The van der Waals surface area contributed by atoms with E-state index in [0.29, 0.717) is 59.1 Å². The van der Waals surface area contributed by atoms with E-state index in [1.807, 2.05) is 6.07 Å². The molecule has 0 saturated carbocycles. The number of carbonyl (C=O) groups is 1. The Morgan fingerprint density at radius 2 is 1.92 bits per heavy atom. The summed E-state index contributed by atoms with van der Waals surface area (Å²) in [5.41, 5.74) is 0.795. The molecular weight excluding hydrogens is 314 g/mol. The smallest absolute Gasteiger partial charge is 0.280 e. The number of nitrogens with zero attached hydrogens (tertiary/aromatic N) is 1. The van der Waals surface area contributed by atoms with Crippen molar-refractivity contribution in [1.82, 2.24) is 5.06 Å². The lowest BCUT2D eigenvalue weighted by molar-refractivity contribution is -0.161. The molecule has 1 heterocycles. The second-order valence-corrected chi connectivity index (χ2v) is 5.36. The Kier molecular flexibility index (Phi) is 4.96. The molecule has 128 valence electrons. The van der Waals surface area contributed by atoms with Crippen LogP contribution in [0.15, 0.2) is 30.3 Å². The quantitative estimate of drug-likeness (QED) is 0.592. The fraction of sp³-hybridized carbons (Fsp3) is 0.353. The van der Waals surface area contributed by atoms with E-state index in [2.05, 4.69) is 0 Å². The standard InChI is InChI=1S/C17H19NO6/c1-22-7-8-23-9-10-24-14-6-5-13-15-11(14)3-2-4-12(15)16(19)18(21)17(13)20/h2-6,17,20-21H,7-10H2,1H3. The summed E-state index contributed by atoms with van der Waals surface area (Å²) in [5, 5.41) is 21.5. The molecule has 0 saturated heterocycles. The van der Waals surface area contributed by atoms with Crippen LogP contribution in [0.2, 0.25) is 0 Å². The zero-order valence-corrected chi connectivity index (χ0v) is 13.3. The van der Waals surface area contributed by atoms with E-state index in [0.717, 1.165) is 0 Å². The van der Waals surface area contributed by atoms with E-state index in [4.69, 9.17) is 14.2 Å². The predicted molar refractivity (Wildman–Crippen MR) is 85.1 cm³/mol. The van der Waals surface area contributed by atoms with Crippen molar-refractivity contribution in [3.8, 4) is 5.75 Å². The minimum Gasteiger partial charge on any atom is -0.491 e. The molecule has 1 atom stereocenters. The SMILES string of the molecule is COCCOCCOc1ccc2c3c(cccc13)C(=O)N(O)C2O. The minimum atomic E-state index is -1.39. The molecule has 0 aromatic heterocycles. The number of amides is 1. The van der Waals surface area contributed by atoms with Gasteiger partial charge in [-0.25, -0.2) is 0 Å². The molecule has 0 spiro atoms. The molecule has 0 aliphatic carbocycles. The molecule has 2 aromatic rings. The zero-order valence-electron chi connectivity index (χ0n) is 13.3. The molecule has 7 nitrogen and oxygen atoms in total. The van der Waals surface area contributed by atoms with Crippen LogP contribution in [0.25, 0.3) is 10.8 Å². The first-order valence-corrected chi connectivity index (χ1v) is 7.60. The average Bonchev–Trinajstić information content (AvgIpc) is 2.61. The van der Waals surface area contributed by atoms with Crippen LogP contribution in [-0.4, -0.2) is 54.8 Å². The third kappa shape index (κ3) is 2.94. The van der Waals surface area contributed by atoms with Crippen molar-refractivity contribution in [2.45, 2.75) is 6.23 Å². The number of hydrogen-bond donors (Lipinski definition) is 2. The summed E-state index contributed by atoms with van der Waals surface area (Å²) in [4.78, 5) is 12.1. The zero-order chi connectivity index (χ0) is 17.1. The molecule has 3 rings (SSSR count). The maximum absolute atomic E-state index is 12.1. The molecule has 0 fully saturated rings. The average molecular weight is 333 g/mol. The van der Waals surface area contributed by atoms with Crippen molar-refractivity contribution in [2.75, 3.05) is 33.5 Å². The van der Waals surface area contributed by atoms with Crippen molar-refractivity contribution in [3.05, 3.63) is 41.5 Å². The highest BCUT2D eigenvalue weighted by Crippen LogP contribution is 2.38. The van der Waals surface area contributed by atoms with Gasteiger partial charge in [0.2, 0.25) is 0 Å². The lowest BCUT2D eigenvalue weighted by Crippen LogP contribution is -2.35. The van der Waals surface area contributed by atoms with E-state index in [1.165, 1.54) is 0 Å². The highest BCUT2D eigenvalue weighted by Gasteiger charge is 2.32. The van der Waals surface area contributed by atoms with Gasteiger partial charge in [0.15, 0.2) is 6.23 Å². The number of carbonyl (C=O) groups excluding carboxylic acids is 1. The molecule has 24 heavy (non-hydrogen) atoms. The number of methoxy groups -OCH3 is 1. The molecule has 0 radical (unpaired) electrons. The Morgan fingerprint density at radius 3 is 2.71 bits per heavy atom. The lowest BCUT2D eigenvalue weighted by Gasteiger charge is -2.29. The van der Waals surface area contributed by atoms with Crippen molar-refractivity contribution in [3.63, 3.8) is 0 Å². The van der Waals surface area contributed by atoms with Crippen molar-refractivity contribution in [1.29, 1.82) is 0 Å². The van der Waals surface area contributed by atoms with Gasteiger partial charge >= 0.3 is 0 Å². The predicted octanol–water partition coefficient (Wildman–Crippen LogP) is 1.72. The Balaban J connectivity index is 1.84. The molecule has 1 aliphatic rings. The summed E-state index contributed by atoms with van der Waals surface area (Å²) in [6.45, 7) is 1.79. The number of hydrogen-bond acceptors (Lipinski definition) is 6. The van der Waals surface area contributed by atoms with Crippen LogP contribution in [0, 0.1) is 0 Å².